The smallest absolute Gasteiger partial charge is 0.124 e. The Hall–Kier alpha value is -1.26. The predicted molar refractivity (Wildman–Crippen MR) is 69.0 cm³/mol. The zero-order chi connectivity index (χ0) is 12.3. The Kier molecular flexibility index (Phi) is 3.86. The molecule has 17 heavy (non-hydrogen) atoms. The summed E-state index contributed by atoms with van der Waals surface area (Å²) in [7, 11) is 0. The van der Waals surface area contributed by atoms with Crippen LogP contribution >= 0.6 is 15.9 Å². The lowest BCUT2D eigenvalue weighted by Crippen LogP contribution is -2.14. The van der Waals surface area contributed by atoms with E-state index in [9.17, 15) is 4.39 Å². The molecule has 0 saturated heterocycles. The molecule has 2 aromatic rings. The highest BCUT2D eigenvalue weighted by atomic mass is 79.9. The van der Waals surface area contributed by atoms with Gasteiger partial charge in [0.05, 0.1) is 0 Å². The molecule has 1 heterocycles. The Morgan fingerprint density at radius 3 is 2.76 bits per heavy atom. The van der Waals surface area contributed by atoms with E-state index in [4.69, 9.17) is 5.73 Å². The quantitative estimate of drug-likeness (QED) is 0.944. The molecule has 2 N–H and O–H groups in total. The lowest BCUT2D eigenvalue weighted by atomic mass is 10.0. The number of halogens is 2. The third-order valence-electron chi connectivity index (χ3n) is 2.52. The minimum Gasteiger partial charge on any atom is -0.324 e. The molecule has 0 aliphatic rings. The molecule has 0 spiro atoms. The van der Waals surface area contributed by atoms with Gasteiger partial charge in [0.25, 0.3) is 0 Å². The average Bonchev–Trinajstić information content (AvgIpc) is 2.30. The Balaban J connectivity index is 2.17. The summed E-state index contributed by atoms with van der Waals surface area (Å²) in [6, 6.07) is 10.1. The fourth-order valence-electron chi connectivity index (χ4n) is 1.66. The van der Waals surface area contributed by atoms with Crippen molar-refractivity contribution in [1.82, 2.24) is 4.98 Å². The predicted octanol–water partition coefficient (Wildman–Crippen LogP) is 3.23. The molecule has 0 amide bonds. The number of nitrogens with zero attached hydrogens (tertiary/aromatic N) is 1. The second kappa shape index (κ2) is 5.38. The molecule has 1 atom stereocenters. The topological polar surface area (TPSA) is 38.9 Å². The van der Waals surface area contributed by atoms with E-state index in [2.05, 4.69) is 20.9 Å². The fraction of sp³-hybridized carbons (Fsp3) is 0.154. The number of aromatic nitrogens is 1. The summed E-state index contributed by atoms with van der Waals surface area (Å²) in [5.41, 5.74) is 7.90. The minimum absolute atomic E-state index is 0.195. The van der Waals surface area contributed by atoms with E-state index in [-0.39, 0.29) is 11.9 Å². The summed E-state index contributed by atoms with van der Waals surface area (Å²) in [5, 5.41) is 0. The van der Waals surface area contributed by atoms with Gasteiger partial charge < -0.3 is 5.73 Å². The van der Waals surface area contributed by atoms with Crippen molar-refractivity contribution in [2.75, 3.05) is 0 Å². The minimum atomic E-state index is -0.273. The van der Waals surface area contributed by atoms with Crippen LogP contribution in [0.4, 0.5) is 4.39 Å². The van der Waals surface area contributed by atoms with Crippen molar-refractivity contribution in [3.63, 3.8) is 0 Å². The maximum Gasteiger partial charge on any atom is 0.124 e. The van der Waals surface area contributed by atoms with Gasteiger partial charge in [-0.15, -0.1) is 0 Å². The third kappa shape index (κ3) is 3.11. The fourth-order valence-corrected chi connectivity index (χ4v) is 2.30. The summed E-state index contributed by atoms with van der Waals surface area (Å²) in [6.07, 6.45) is 2.37. The van der Waals surface area contributed by atoms with Crippen LogP contribution in [0.3, 0.4) is 0 Å². The van der Waals surface area contributed by atoms with Gasteiger partial charge in [-0.25, -0.2) is 4.39 Å². The number of hydrogen-bond donors (Lipinski definition) is 1. The number of hydrogen-bond acceptors (Lipinski definition) is 2. The van der Waals surface area contributed by atoms with Gasteiger partial charge in [-0.05, 0) is 29.8 Å². The monoisotopic (exact) mass is 294 g/mol. The van der Waals surface area contributed by atoms with Gasteiger partial charge in [-0.1, -0.05) is 28.1 Å². The lowest BCUT2D eigenvalue weighted by Gasteiger charge is -2.13. The normalized spacial score (nSPS) is 12.4. The van der Waals surface area contributed by atoms with Crippen LogP contribution in [0.5, 0.6) is 0 Å². The zero-order valence-electron chi connectivity index (χ0n) is 9.11. The van der Waals surface area contributed by atoms with Crippen LogP contribution in [0.15, 0.2) is 47.1 Å². The van der Waals surface area contributed by atoms with E-state index in [1.807, 2.05) is 18.2 Å². The van der Waals surface area contributed by atoms with Crippen molar-refractivity contribution in [2.45, 2.75) is 12.5 Å². The molecule has 0 radical (unpaired) electrons. The second-order valence-electron chi connectivity index (χ2n) is 3.80. The second-order valence-corrected chi connectivity index (χ2v) is 4.65. The molecule has 0 aliphatic carbocycles. The first-order valence-electron chi connectivity index (χ1n) is 5.27. The number of benzene rings is 1. The van der Waals surface area contributed by atoms with Crippen molar-refractivity contribution in [2.24, 2.45) is 5.73 Å². The highest BCUT2D eigenvalue weighted by Gasteiger charge is 2.11. The Morgan fingerprint density at radius 2 is 2.12 bits per heavy atom. The first-order valence-corrected chi connectivity index (χ1v) is 6.06. The molecule has 0 saturated carbocycles. The summed E-state index contributed by atoms with van der Waals surface area (Å²) < 4.78 is 13.6. The van der Waals surface area contributed by atoms with Crippen LogP contribution in [0.2, 0.25) is 0 Å². The molecule has 2 nitrogen and oxygen atoms in total. The Morgan fingerprint density at radius 1 is 1.29 bits per heavy atom. The SMILES string of the molecule is NC(Cc1ccccn1)c1ccc(F)cc1Br. The summed E-state index contributed by atoms with van der Waals surface area (Å²) in [4.78, 5) is 4.22. The van der Waals surface area contributed by atoms with E-state index >= 15 is 0 Å². The molecule has 1 aromatic carbocycles. The van der Waals surface area contributed by atoms with Crippen LogP contribution in [0.1, 0.15) is 17.3 Å². The molecule has 4 heteroatoms. The lowest BCUT2D eigenvalue weighted by molar-refractivity contribution is 0.622. The van der Waals surface area contributed by atoms with E-state index in [0.29, 0.717) is 10.9 Å². The van der Waals surface area contributed by atoms with Crippen LogP contribution in [-0.4, -0.2) is 4.98 Å². The van der Waals surface area contributed by atoms with Crippen LogP contribution in [0, 0.1) is 5.82 Å². The van der Waals surface area contributed by atoms with Crippen LogP contribution in [0.25, 0.3) is 0 Å². The molecule has 88 valence electrons. The maximum absolute atomic E-state index is 13.0. The first kappa shape index (κ1) is 12.2. The van der Waals surface area contributed by atoms with Crippen molar-refractivity contribution < 1.29 is 4.39 Å². The van der Waals surface area contributed by atoms with Crippen molar-refractivity contribution in [1.29, 1.82) is 0 Å². The van der Waals surface area contributed by atoms with Gasteiger partial charge in [-0.3, -0.25) is 4.98 Å². The molecule has 2 rings (SSSR count). The molecule has 1 aromatic heterocycles. The summed E-state index contributed by atoms with van der Waals surface area (Å²) in [5.74, 6) is -0.273. The van der Waals surface area contributed by atoms with Gasteiger partial charge in [0, 0.05) is 28.8 Å². The maximum atomic E-state index is 13.0. The van der Waals surface area contributed by atoms with Gasteiger partial charge in [0.1, 0.15) is 5.82 Å². The van der Waals surface area contributed by atoms with E-state index in [1.165, 1.54) is 12.1 Å². The Bertz CT molecular complexity index is 502. The van der Waals surface area contributed by atoms with E-state index in [0.717, 1.165) is 11.3 Å². The standard InChI is InChI=1S/C13H12BrFN2/c14-12-7-9(15)4-5-11(12)13(16)8-10-3-1-2-6-17-10/h1-7,13H,8,16H2. The number of nitrogens with two attached hydrogens (primary N) is 1. The molecular weight excluding hydrogens is 283 g/mol. The molecule has 0 fully saturated rings. The van der Waals surface area contributed by atoms with Crippen LogP contribution in [-0.2, 0) is 6.42 Å². The van der Waals surface area contributed by atoms with Crippen molar-refractivity contribution in [3.05, 3.63) is 64.1 Å². The van der Waals surface area contributed by atoms with Gasteiger partial charge in [0.2, 0.25) is 0 Å². The number of rotatable bonds is 3. The van der Waals surface area contributed by atoms with Crippen molar-refractivity contribution in [3.8, 4) is 0 Å². The average molecular weight is 295 g/mol. The molecule has 0 bridgehead atoms. The van der Waals surface area contributed by atoms with Gasteiger partial charge in [-0.2, -0.15) is 0 Å². The summed E-state index contributed by atoms with van der Waals surface area (Å²) in [6.45, 7) is 0. The van der Waals surface area contributed by atoms with Gasteiger partial charge in [0.15, 0.2) is 0 Å². The Labute approximate surface area is 108 Å². The van der Waals surface area contributed by atoms with Crippen LogP contribution < -0.4 is 5.73 Å². The largest absolute Gasteiger partial charge is 0.324 e. The summed E-state index contributed by atoms with van der Waals surface area (Å²) >= 11 is 3.32. The third-order valence-corrected chi connectivity index (χ3v) is 3.20. The van der Waals surface area contributed by atoms with Gasteiger partial charge >= 0.3 is 0 Å². The van der Waals surface area contributed by atoms with E-state index < -0.39 is 0 Å². The number of pyridine rings is 1. The highest BCUT2D eigenvalue weighted by molar-refractivity contribution is 9.10. The van der Waals surface area contributed by atoms with E-state index in [1.54, 1.807) is 12.3 Å². The van der Waals surface area contributed by atoms with Crippen molar-refractivity contribution >= 4 is 15.9 Å². The molecule has 0 aliphatic heterocycles. The molecule has 1 unspecified atom stereocenters. The zero-order valence-corrected chi connectivity index (χ0v) is 10.7. The highest BCUT2D eigenvalue weighted by Crippen LogP contribution is 2.24. The molecular formula is C13H12BrFN2. The first-order chi connectivity index (χ1) is 8.16.